The highest BCUT2D eigenvalue weighted by atomic mass is 19.1. The van der Waals surface area contributed by atoms with Crippen molar-refractivity contribution in [3.63, 3.8) is 0 Å². The number of likely N-dealkylation sites (tertiary alicyclic amines) is 1. The summed E-state index contributed by atoms with van der Waals surface area (Å²) in [6.45, 7) is 19.4. The van der Waals surface area contributed by atoms with Gasteiger partial charge in [0.25, 0.3) is 5.91 Å². The second-order valence-corrected chi connectivity index (χ2v) is 9.44. The van der Waals surface area contributed by atoms with Gasteiger partial charge in [0.05, 0.1) is 5.83 Å². The van der Waals surface area contributed by atoms with Crippen LogP contribution in [0.15, 0.2) is 84.9 Å². The van der Waals surface area contributed by atoms with Crippen LogP contribution in [-0.4, -0.2) is 23.4 Å². The summed E-state index contributed by atoms with van der Waals surface area (Å²) < 4.78 is 12.9. The van der Waals surface area contributed by atoms with Crippen LogP contribution in [0.2, 0.25) is 0 Å². The second-order valence-electron chi connectivity index (χ2n) is 9.44. The molecule has 1 heterocycles. The van der Waals surface area contributed by atoms with E-state index in [4.69, 9.17) is 0 Å². The van der Waals surface area contributed by atoms with Crippen molar-refractivity contribution in [1.82, 2.24) is 10.2 Å². The van der Waals surface area contributed by atoms with Crippen molar-refractivity contribution in [2.24, 2.45) is 5.92 Å². The van der Waals surface area contributed by atoms with Crippen molar-refractivity contribution in [3.05, 3.63) is 95.3 Å². The molecule has 2 atom stereocenters. The Labute approximate surface area is 223 Å². The first-order chi connectivity index (χ1) is 17.9. The van der Waals surface area contributed by atoms with Gasteiger partial charge in [0.1, 0.15) is 0 Å². The largest absolute Gasteiger partial charge is 0.369 e. The molecule has 3 nitrogen and oxygen atoms in total. The maximum Gasteiger partial charge on any atom is 0.255 e. The van der Waals surface area contributed by atoms with Crippen LogP contribution in [0.25, 0.3) is 11.3 Å². The second kappa shape index (κ2) is 15.2. The van der Waals surface area contributed by atoms with Gasteiger partial charge >= 0.3 is 0 Å². The highest BCUT2D eigenvalue weighted by Crippen LogP contribution is 2.34. The topological polar surface area (TPSA) is 32.3 Å². The molecule has 37 heavy (non-hydrogen) atoms. The number of amides is 1. The number of piperidine rings is 1. The summed E-state index contributed by atoms with van der Waals surface area (Å²) >= 11 is 0. The molecule has 1 amide bonds. The van der Waals surface area contributed by atoms with E-state index in [0.29, 0.717) is 12.0 Å². The number of carbonyl (C=O) groups excluding carboxylic acids is 1. The van der Waals surface area contributed by atoms with Crippen LogP contribution in [0.1, 0.15) is 73.1 Å². The molecule has 0 aromatic heterocycles. The molecular weight excluding hydrogens is 459 g/mol. The third-order valence-corrected chi connectivity index (χ3v) is 7.03. The predicted molar refractivity (Wildman–Crippen MR) is 156 cm³/mol. The first-order valence-corrected chi connectivity index (χ1v) is 13.8. The lowest BCUT2D eigenvalue weighted by molar-refractivity contribution is -0.116. The Morgan fingerprint density at radius 1 is 1.19 bits per heavy atom. The predicted octanol–water partition coefficient (Wildman–Crippen LogP) is 6.84. The first kappa shape index (κ1) is 30.1. The Kier molecular flexibility index (Phi) is 12.4. The van der Waals surface area contributed by atoms with Crippen LogP contribution in [0.5, 0.6) is 0 Å². The molecule has 1 saturated heterocycles. The van der Waals surface area contributed by atoms with Gasteiger partial charge in [-0.25, -0.2) is 4.39 Å². The van der Waals surface area contributed by atoms with E-state index in [9.17, 15) is 9.18 Å². The van der Waals surface area contributed by atoms with Gasteiger partial charge in [-0.3, -0.25) is 4.79 Å². The molecule has 2 aliphatic rings. The minimum atomic E-state index is -0.326. The lowest BCUT2D eigenvalue weighted by Crippen LogP contribution is -2.45. The van der Waals surface area contributed by atoms with Gasteiger partial charge in [-0.05, 0) is 67.5 Å². The van der Waals surface area contributed by atoms with E-state index >= 15 is 0 Å². The number of halogens is 1. The number of hydrogen-bond acceptors (Lipinski definition) is 2. The van der Waals surface area contributed by atoms with Crippen molar-refractivity contribution in [3.8, 4) is 0 Å². The van der Waals surface area contributed by atoms with Gasteiger partial charge in [0.15, 0.2) is 0 Å². The van der Waals surface area contributed by atoms with Crippen LogP contribution in [-0.2, 0) is 4.79 Å². The monoisotopic (exact) mass is 504 g/mol. The Bertz CT molecular complexity index is 1170. The maximum atomic E-state index is 12.9. The van der Waals surface area contributed by atoms with Crippen LogP contribution in [0, 0.1) is 5.92 Å². The SMILES string of the molecule is C=C(/C=C\C=C(/C)F)C(=O)NC1=c2ccccc2=C(C(=C)N2CCCC(CC)C2CCC)CC=C1.CC. The number of nitrogens with one attached hydrogen (secondary N) is 1. The molecule has 0 radical (unpaired) electrons. The van der Waals surface area contributed by atoms with Gasteiger partial charge in [-0.1, -0.05) is 90.1 Å². The molecule has 1 fully saturated rings. The molecule has 1 aromatic carbocycles. The van der Waals surface area contributed by atoms with Crippen LogP contribution in [0.4, 0.5) is 4.39 Å². The molecule has 0 spiro atoms. The Balaban J connectivity index is 0.00000235. The van der Waals surface area contributed by atoms with E-state index in [1.807, 2.05) is 38.1 Å². The molecule has 200 valence electrons. The van der Waals surface area contributed by atoms with Crippen molar-refractivity contribution >= 4 is 17.2 Å². The lowest BCUT2D eigenvalue weighted by atomic mass is 9.83. The van der Waals surface area contributed by atoms with Gasteiger partial charge in [-0.15, -0.1) is 0 Å². The summed E-state index contributed by atoms with van der Waals surface area (Å²) in [5.74, 6) is 0.0646. The standard InChI is InChI=1S/C31H39FN2O.C2H6/c1-6-13-30-25(7-2)16-12-21-34(30)24(5)26-19-11-20-29(28-18-9-8-17-27(26)28)33-31(35)22(3)14-10-15-23(4)32;1-2/h8-11,14-15,17-18,20,25,30H,3,5-7,12-13,16,19,21H2,1-2,4H3,(H,33,35);1-2H3/b14-10-,23-15+;. The first-order valence-electron chi connectivity index (χ1n) is 13.8. The summed E-state index contributed by atoms with van der Waals surface area (Å²) in [4.78, 5) is 15.3. The van der Waals surface area contributed by atoms with Gasteiger partial charge < -0.3 is 10.2 Å². The summed E-state index contributed by atoms with van der Waals surface area (Å²) in [6.07, 6.45) is 15.2. The third kappa shape index (κ3) is 7.92. The molecule has 1 aliphatic carbocycles. The van der Waals surface area contributed by atoms with E-state index in [1.54, 1.807) is 0 Å². The zero-order valence-corrected chi connectivity index (χ0v) is 23.4. The average Bonchev–Trinajstić information content (AvgIpc) is 3.09. The fourth-order valence-electron chi connectivity index (χ4n) is 5.24. The molecular formula is C33H45FN2O. The van der Waals surface area contributed by atoms with Crippen LogP contribution in [0.3, 0.4) is 0 Å². The molecule has 0 saturated carbocycles. The minimum absolute atomic E-state index is 0.264. The Morgan fingerprint density at radius 3 is 2.54 bits per heavy atom. The smallest absolute Gasteiger partial charge is 0.255 e. The van der Waals surface area contributed by atoms with Gasteiger partial charge in [0.2, 0.25) is 0 Å². The summed E-state index contributed by atoms with van der Waals surface area (Å²) in [6, 6.07) is 8.71. The molecule has 4 heteroatoms. The van der Waals surface area contributed by atoms with Crippen LogP contribution >= 0.6 is 0 Å². The lowest BCUT2D eigenvalue weighted by Gasteiger charge is -2.44. The summed E-state index contributed by atoms with van der Waals surface area (Å²) in [5.41, 5.74) is 3.31. The molecule has 0 bridgehead atoms. The van der Waals surface area contributed by atoms with E-state index < -0.39 is 0 Å². The molecule has 1 aliphatic heterocycles. The Morgan fingerprint density at radius 2 is 1.89 bits per heavy atom. The molecule has 1 N–H and O–H groups in total. The number of rotatable bonds is 9. The average molecular weight is 505 g/mol. The van der Waals surface area contributed by atoms with E-state index in [-0.39, 0.29) is 17.3 Å². The molecule has 1 aromatic rings. The van der Waals surface area contributed by atoms with E-state index in [2.05, 4.69) is 49.4 Å². The summed E-state index contributed by atoms with van der Waals surface area (Å²) in [5, 5.41) is 5.08. The quantitative estimate of drug-likeness (QED) is 0.295. The van der Waals surface area contributed by atoms with Crippen molar-refractivity contribution < 1.29 is 9.18 Å². The van der Waals surface area contributed by atoms with Gasteiger partial charge in [0, 0.05) is 34.8 Å². The van der Waals surface area contributed by atoms with Crippen molar-refractivity contribution in [2.75, 3.05) is 6.54 Å². The van der Waals surface area contributed by atoms with Crippen molar-refractivity contribution in [2.45, 2.75) is 79.2 Å². The zero-order valence-electron chi connectivity index (χ0n) is 23.4. The number of nitrogens with zero attached hydrogens (tertiary/aromatic N) is 1. The summed E-state index contributed by atoms with van der Waals surface area (Å²) in [7, 11) is 0. The number of benzene rings is 1. The normalized spacial score (nSPS) is 19.6. The fourth-order valence-corrected chi connectivity index (χ4v) is 5.24. The molecule has 3 rings (SSSR count). The fraction of sp³-hybridized carbons (Fsp3) is 0.424. The van der Waals surface area contributed by atoms with E-state index in [1.165, 1.54) is 62.8 Å². The molecule has 2 unspecified atom stereocenters. The van der Waals surface area contributed by atoms with Crippen molar-refractivity contribution in [1.29, 1.82) is 0 Å². The van der Waals surface area contributed by atoms with Crippen LogP contribution < -0.4 is 15.8 Å². The maximum absolute atomic E-state index is 12.9. The highest BCUT2D eigenvalue weighted by Gasteiger charge is 2.31. The van der Waals surface area contributed by atoms with E-state index in [0.717, 1.165) is 34.8 Å². The van der Waals surface area contributed by atoms with Gasteiger partial charge in [-0.2, -0.15) is 0 Å². The number of allylic oxidation sites excluding steroid dienone is 5. The number of carbonyl (C=O) groups is 1. The third-order valence-electron chi connectivity index (χ3n) is 7.03. The number of fused-ring (bicyclic) bond motifs is 1. The highest BCUT2D eigenvalue weighted by molar-refractivity contribution is 6.00. The zero-order chi connectivity index (χ0) is 27.4. The minimum Gasteiger partial charge on any atom is -0.369 e. The number of hydrogen-bond donors (Lipinski definition) is 1. The Hall–Kier alpha value is -3.14.